The van der Waals surface area contributed by atoms with Crippen molar-refractivity contribution >= 4 is 29.5 Å². The molecule has 0 amide bonds. The minimum absolute atomic E-state index is 0.191. The van der Waals surface area contributed by atoms with Crippen LogP contribution in [0, 0.1) is 17.8 Å². The van der Waals surface area contributed by atoms with E-state index in [1.165, 1.54) is 0 Å². The second-order valence-electron chi connectivity index (χ2n) is 5.75. The molecule has 0 unspecified atom stereocenters. The average molecular weight is 390 g/mol. The third-order valence-electron chi connectivity index (χ3n) is 4.24. The van der Waals surface area contributed by atoms with Gasteiger partial charge in [0.1, 0.15) is 10.6 Å². The molecule has 8 heteroatoms. The fraction of sp³-hybridized carbons (Fsp3) is 0.278. The van der Waals surface area contributed by atoms with Crippen molar-refractivity contribution in [3.8, 4) is 11.4 Å². The van der Waals surface area contributed by atoms with Gasteiger partial charge in [-0.1, -0.05) is 29.5 Å². The maximum Gasteiger partial charge on any atom is 0.350 e. The van der Waals surface area contributed by atoms with Gasteiger partial charge in [-0.2, -0.15) is 0 Å². The van der Waals surface area contributed by atoms with Crippen molar-refractivity contribution in [2.75, 3.05) is 6.61 Å². The molecule has 26 heavy (non-hydrogen) atoms. The van der Waals surface area contributed by atoms with E-state index in [4.69, 9.17) is 17.0 Å². The van der Waals surface area contributed by atoms with E-state index in [0.29, 0.717) is 20.2 Å². The van der Waals surface area contributed by atoms with Crippen LogP contribution in [0.25, 0.3) is 11.4 Å². The molecule has 1 aromatic carbocycles. The van der Waals surface area contributed by atoms with E-state index in [0.717, 1.165) is 22.7 Å². The number of para-hydroxylation sites is 1. The summed E-state index contributed by atoms with van der Waals surface area (Å²) < 4.78 is 10.6. The van der Waals surface area contributed by atoms with Gasteiger partial charge in [-0.15, -0.1) is 0 Å². The van der Waals surface area contributed by atoms with Crippen molar-refractivity contribution in [1.29, 1.82) is 0 Å². The molecule has 0 bridgehead atoms. The van der Waals surface area contributed by atoms with Crippen molar-refractivity contribution in [2.24, 2.45) is 7.05 Å². The molecule has 0 spiro atoms. The van der Waals surface area contributed by atoms with E-state index in [1.807, 2.05) is 44.3 Å². The lowest BCUT2D eigenvalue weighted by atomic mass is 10.3. The number of esters is 1. The molecule has 3 aromatic rings. The Morgan fingerprint density at radius 2 is 1.85 bits per heavy atom. The first-order chi connectivity index (χ1) is 12.4. The van der Waals surface area contributed by atoms with Crippen molar-refractivity contribution in [3.05, 3.63) is 60.9 Å². The van der Waals surface area contributed by atoms with Crippen LogP contribution in [0.2, 0.25) is 0 Å². The van der Waals surface area contributed by atoms with Gasteiger partial charge in [-0.25, -0.2) is 9.48 Å². The maximum absolute atomic E-state index is 13.2. The summed E-state index contributed by atoms with van der Waals surface area (Å²) in [4.78, 5) is 25.8. The molecule has 0 aliphatic rings. The number of nitrogens with zero attached hydrogens (tertiary/aromatic N) is 3. The van der Waals surface area contributed by atoms with E-state index in [-0.39, 0.29) is 12.2 Å². The van der Waals surface area contributed by atoms with Gasteiger partial charge in [0.05, 0.1) is 18.0 Å². The van der Waals surface area contributed by atoms with Crippen LogP contribution in [0.3, 0.4) is 0 Å². The van der Waals surface area contributed by atoms with Crippen molar-refractivity contribution in [2.45, 2.75) is 20.8 Å². The molecule has 0 fully saturated rings. The summed E-state index contributed by atoms with van der Waals surface area (Å²) in [6.07, 6.45) is 0. The first-order valence-corrected chi connectivity index (χ1v) is 9.34. The normalized spacial score (nSPS) is 10.9. The first kappa shape index (κ1) is 18.3. The summed E-state index contributed by atoms with van der Waals surface area (Å²) in [5, 5.41) is 0. The summed E-state index contributed by atoms with van der Waals surface area (Å²) in [6, 6.07) is 9.40. The molecular formula is C18H19N3O3S2. The average Bonchev–Trinajstić information content (AvgIpc) is 3.02. The van der Waals surface area contributed by atoms with Crippen LogP contribution in [-0.4, -0.2) is 26.5 Å². The van der Waals surface area contributed by atoms with Crippen LogP contribution >= 0.6 is 23.6 Å². The summed E-state index contributed by atoms with van der Waals surface area (Å²) >= 11 is 6.61. The molecule has 3 rings (SSSR count). The number of benzene rings is 1. The number of carbonyl (C=O) groups is 1. The molecule has 2 heterocycles. The highest BCUT2D eigenvalue weighted by Crippen LogP contribution is 2.25. The van der Waals surface area contributed by atoms with E-state index < -0.39 is 5.97 Å². The van der Waals surface area contributed by atoms with Crippen molar-refractivity contribution < 1.29 is 9.53 Å². The number of aromatic nitrogens is 3. The van der Waals surface area contributed by atoms with Gasteiger partial charge in [-0.3, -0.25) is 14.0 Å². The summed E-state index contributed by atoms with van der Waals surface area (Å²) in [6.45, 7) is 5.67. The zero-order chi connectivity index (χ0) is 19.0. The molecule has 0 aliphatic heterocycles. The quantitative estimate of drug-likeness (QED) is 0.506. The monoisotopic (exact) mass is 389 g/mol. The molecule has 0 aliphatic carbocycles. The molecule has 0 radical (unpaired) electrons. The molecule has 0 N–H and O–H groups in total. The number of hydrogen-bond donors (Lipinski definition) is 0. The second kappa shape index (κ2) is 7.05. The second-order valence-corrected chi connectivity index (χ2v) is 7.39. The Bertz CT molecular complexity index is 1090. The smallest absolute Gasteiger partial charge is 0.350 e. The molecule has 0 saturated carbocycles. The van der Waals surface area contributed by atoms with Crippen LogP contribution in [0.1, 0.15) is 28.0 Å². The van der Waals surface area contributed by atoms with Gasteiger partial charge in [-0.05, 0) is 45.1 Å². The highest BCUT2D eigenvalue weighted by atomic mass is 32.1. The third-order valence-corrected chi connectivity index (χ3v) is 5.70. The Hall–Kier alpha value is -2.45. The summed E-state index contributed by atoms with van der Waals surface area (Å²) in [5.74, 6) is -0.420. The Morgan fingerprint density at radius 3 is 2.46 bits per heavy atom. The predicted molar refractivity (Wildman–Crippen MR) is 104 cm³/mol. The maximum atomic E-state index is 13.2. The SMILES string of the molecule is CCOC(=O)c1sc(=S)n(-c2c(C)n(C)n(-c3ccccc3)c2=O)c1C. The van der Waals surface area contributed by atoms with Crippen molar-refractivity contribution in [3.63, 3.8) is 0 Å². The highest BCUT2D eigenvalue weighted by Gasteiger charge is 2.24. The van der Waals surface area contributed by atoms with Gasteiger partial charge in [0.25, 0.3) is 5.56 Å². The fourth-order valence-electron chi connectivity index (χ4n) is 2.90. The van der Waals surface area contributed by atoms with E-state index >= 15 is 0 Å². The predicted octanol–water partition coefficient (Wildman–Crippen LogP) is 3.55. The van der Waals surface area contributed by atoms with Gasteiger partial charge in [0.2, 0.25) is 0 Å². The number of thiazole rings is 1. The van der Waals surface area contributed by atoms with Crippen LogP contribution in [0.15, 0.2) is 35.1 Å². The van der Waals surface area contributed by atoms with Gasteiger partial charge < -0.3 is 4.74 Å². The molecule has 2 aromatic heterocycles. The minimum atomic E-state index is -0.420. The number of carbonyl (C=O) groups excluding carboxylic acids is 1. The Morgan fingerprint density at radius 1 is 1.19 bits per heavy atom. The largest absolute Gasteiger partial charge is 0.462 e. The standard InChI is InChI=1S/C18H19N3O3S2/c1-5-24-17(23)15-12(3)20(18(25)26-15)14-11(2)19(4)21(16(14)22)13-9-7-6-8-10-13/h6-10H,5H2,1-4H3. The van der Waals surface area contributed by atoms with Gasteiger partial charge >= 0.3 is 5.97 Å². The molecular weight excluding hydrogens is 370 g/mol. The number of ether oxygens (including phenoxy) is 1. The van der Waals surface area contributed by atoms with Gasteiger partial charge in [0, 0.05) is 12.7 Å². The third kappa shape index (κ3) is 2.85. The van der Waals surface area contributed by atoms with Crippen LogP contribution in [-0.2, 0) is 11.8 Å². The lowest BCUT2D eigenvalue weighted by Crippen LogP contribution is -2.21. The first-order valence-electron chi connectivity index (χ1n) is 8.12. The molecule has 136 valence electrons. The van der Waals surface area contributed by atoms with E-state index in [2.05, 4.69) is 0 Å². The van der Waals surface area contributed by atoms with Gasteiger partial charge in [0.15, 0.2) is 3.95 Å². The summed E-state index contributed by atoms with van der Waals surface area (Å²) in [5.41, 5.74) is 2.39. The van der Waals surface area contributed by atoms with Crippen LogP contribution < -0.4 is 5.56 Å². The van der Waals surface area contributed by atoms with E-state index in [9.17, 15) is 9.59 Å². The lowest BCUT2D eigenvalue weighted by molar-refractivity contribution is 0.0531. The lowest BCUT2D eigenvalue weighted by Gasteiger charge is -2.07. The highest BCUT2D eigenvalue weighted by molar-refractivity contribution is 7.73. The zero-order valence-corrected chi connectivity index (χ0v) is 16.6. The Balaban J connectivity index is 2.26. The van der Waals surface area contributed by atoms with Crippen LogP contribution in [0.4, 0.5) is 0 Å². The molecule has 0 saturated heterocycles. The fourth-order valence-corrected chi connectivity index (χ4v) is 4.26. The van der Waals surface area contributed by atoms with Crippen LogP contribution in [0.5, 0.6) is 0 Å². The zero-order valence-electron chi connectivity index (χ0n) is 15.0. The molecule has 0 atom stereocenters. The molecule has 6 nitrogen and oxygen atoms in total. The van der Waals surface area contributed by atoms with Crippen molar-refractivity contribution in [1.82, 2.24) is 13.9 Å². The summed E-state index contributed by atoms with van der Waals surface area (Å²) in [7, 11) is 1.82. The number of rotatable bonds is 4. The van der Waals surface area contributed by atoms with E-state index in [1.54, 1.807) is 27.8 Å². The number of hydrogen-bond acceptors (Lipinski definition) is 5. The Labute approximate surface area is 159 Å². The topological polar surface area (TPSA) is 58.2 Å². The minimum Gasteiger partial charge on any atom is -0.462 e. The Kier molecular flexibility index (Phi) is 4.97.